The molecule has 8 heteroatoms. The van der Waals surface area contributed by atoms with Crippen LogP contribution in [0.15, 0.2) is 75.6 Å². The molecule has 2 aromatic rings. The van der Waals surface area contributed by atoms with Gasteiger partial charge in [-0.05, 0) is 41.7 Å². The molecule has 1 saturated heterocycles. The van der Waals surface area contributed by atoms with Gasteiger partial charge in [-0.2, -0.15) is 10.2 Å². The Morgan fingerprint density at radius 3 is 2.59 bits per heavy atom. The third kappa shape index (κ3) is 5.30. The number of halogens is 1. The van der Waals surface area contributed by atoms with E-state index in [4.69, 9.17) is 16.3 Å². The van der Waals surface area contributed by atoms with Crippen LogP contribution in [0.2, 0.25) is 5.02 Å². The molecule has 0 radical (unpaired) electrons. The molecule has 0 N–H and O–H groups in total. The number of benzene rings is 2. The Morgan fingerprint density at radius 1 is 1.03 bits per heavy atom. The minimum absolute atomic E-state index is 0.0879. The first-order chi connectivity index (χ1) is 15.6. The molecule has 7 nitrogen and oxygen atoms in total. The van der Waals surface area contributed by atoms with Crippen LogP contribution in [0.4, 0.5) is 5.69 Å². The predicted octanol–water partition coefficient (Wildman–Crippen LogP) is 5.12. The molecule has 1 aliphatic carbocycles. The fraction of sp³-hybridized carbons (Fsp3) is 0.250. The Kier molecular flexibility index (Phi) is 7.09. The number of nitro groups is 1. The number of allylic oxidation sites excluding steroid dienone is 2. The van der Waals surface area contributed by atoms with Crippen LogP contribution < -0.4 is 0 Å². The lowest BCUT2D eigenvalue weighted by Crippen LogP contribution is -2.36. The number of nitrogens with zero attached hydrogens (tertiary/aromatic N) is 4. The van der Waals surface area contributed by atoms with Gasteiger partial charge < -0.3 is 9.64 Å². The Morgan fingerprint density at radius 2 is 1.81 bits per heavy atom. The Labute approximate surface area is 191 Å². The summed E-state index contributed by atoms with van der Waals surface area (Å²) < 4.78 is 5.52. The summed E-state index contributed by atoms with van der Waals surface area (Å²) in [5.74, 6) is 0. The zero-order chi connectivity index (χ0) is 22.3. The second kappa shape index (κ2) is 10.3. The Balaban J connectivity index is 1.62. The van der Waals surface area contributed by atoms with E-state index in [1.54, 1.807) is 24.6 Å². The number of hydrogen-bond acceptors (Lipinski definition) is 6. The summed E-state index contributed by atoms with van der Waals surface area (Å²) in [6.07, 6.45) is 7.14. The number of rotatable bonds is 6. The van der Waals surface area contributed by atoms with Crippen LogP contribution in [0.3, 0.4) is 0 Å². The van der Waals surface area contributed by atoms with Crippen molar-refractivity contribution in [1.82, 2.24) is 4.90 Å². The molecule has 0 unspecified atom stereocenters. The second-order valence-electron chi connectivity index (χ2n) is 7.51. The molecule has 0 saturated carbocycles. The fourth-order valence-corrected chi connectivity index (χ4v) is 4.06. The molecule has 1 heterocycles. The van der Waals surface area contributed by atoms with Gasteiger partial charge in [0, 0.05) is 41.5 Å². The molecule has 0 spiro atoms. The van der Waals surface area contributed by atoms with E-state index in [1.165, 1.54) is 6.07 Å². The van der Waals surface area contributed by atoms with Crippen molar-refractivity contribution in [3.05, 3.63) is 91.6 Å². The Bertz CT molecular complexity index is 1120. The smallest absolute Gasteiger partial charge is 0.270 e. The van der Waals surface area contributed by atoms with Gasteiger partial charge in [-0.3, -0.25) is 10.1 Å². The minimum atomic E-state index is -0.371. The van der Waals surface area contributed by atoms with Crippen LogP contribution in [-0.4, -0.2) is 48.6 Å². The summed E-state index contributed by atoms with van der Waals surface area (Å²) in [4.78, 5) is 13.1. The summed E-state index contributed by atoms with van der Waals surface area (Å²) in [5, 5.41) is 20.2. The predicted molar refractivity (Wildman–Crippen MR) is 127 cm³/mol. The SMILES string of the molecule is O=[N+]([O-])c1cccc(C=C2CCC(C=NN=Cc3ccccc3Cl)=C2N2CCOCC2)c1. The summed E-state index contributed by atoms with van der Waals surface area (Å²) in [5.41, 5.74) is 5.08. The highest BCUT2D eigenvalue weighted by Gasteiger charge is 2.25. The number of morpholine rings is 1. The van der Waals surface area contributed by atoms with Crippen molar-refractivity contribution in [2.24, 2.45) is 10.2 Å². The molecule has 2 aliphatic rings. The van der Waals surface area contributed by atoms with E-state index in [9.17, 15) is 10.1 Å². The zero-order valence-electron chi connectivity index (χ0n) is 17.5. The van der Waals surface area contributed by atoms with Gasteiger partial charge in [-0.15, -0.1) is 0 Å². The average molecular weight is 451 g/mol. The van der Waals surface area contributed by atoms with Crippen molar-refractivity contribution in [3.63, 3.8) is 0 Å². The molecular weight excluding hydrogens is 428 g/mol. The van der Waals surface area contributed by atoms with Gasteiger partial charge in [0.1, 0.15) is 0 Å². The highest BCUT2D eigenvalue weighted by molar-refractivity contribution is 6.33. The lowest BCUT2D eigenvalue weighted by Gasteiger charge is -2.31. The average Bonchev–Trinajstić information content (AvgIpc) is 3.20. The van der Waals surface area contributed by atoms with Crippen molar-refractivity contribution in [1.29, 1.82) is 0 Å². The Hall–Kier alpha value is -3.29. The lowest BCUT2D eigenvalue weighted by atomic mass is 10.1. The maximum absolute atomic E-state index is 11.1. The molecule has 0 aromatic heterocycles. The van der Waals surface area contributed by atoms with Crippen LogP contribution >= 0.6 is 11.6 Å². The molecule has 0 amide bonds. The van der Waals surface area contributed by atoms with Crippen LogP contribution in [-0.2, 0) is 4.74 Å². The summed E-state index contributed by atoms with van der Waals surface area (Å²) in [6.45, 7) is 2.93. The summed E-state index contributed by atoms with van der Waals surface area (Å²) >= 11 is 6.16. The third-order valence-electron chi connectivity index (χ3n) is 5.40. The highest BCUT2D eigenvalue weighted by Crippen LogP contribution is 2.35. The van der Waals surface area contributed by atoms with Gasteiger partial charge in [0.15, 0.2) is 0 Å². The van der Waals surface area contributed by atoms with E-state index in [2.05, 4.69) is 15.1 Å². The van der Waals surface area contributed by atoms with Gasteiger partial charge in [-0.25, -0.2) is 0 Å². The lowest BCUT2D eigenvalue weighted by molar-refractivity contribution is -0.384. The van der Waals surface area contributed by atoms with E-state index in [0.29, 0.717) is 18.2 Å². The van der Waals surface area contributed by atoms with Crippen molar-refractivity contribution < 1.29 is 9.66 Å². The summed E-state index contributed by atoms with van der Waals surface area (Å²) in [6, 6.07) is 14.2. The van der Waals surface area contributed by atoms with Crippen molar-refractivity contribution in [2.75, 3.05) is 26.3 Å². The van der Waals surface area contributed by atoms with Gasteiger partial charge in [-0.1, -0.05) is 41.9 Å². The largest absolute Gasteiger partial charge is 0.378 e. The first kappa shape index (κ1) is 21.9. The maximum Gasteiger partial charge on any atom is 0.270 e. The van der Waals surface area contributed by atoms with E-state index in [0.717, 1.165) is 53.9 Å². The minimum Gasteiger partial charge on any atom is -0.378 e. The monoisotopic (exact) mass is 450 g/mol. The molecule has 4 rings (SSSR count). The van der Waals surface area contributed by atoms with Gasteiger partial charge in [0.2, 0.25) is 0 Å². The number of hydrogen-bond donors (Lipinski definition) is 0. The van der Waals surface area contributed by atoms with Crippen LogP contribution in [0.1, 0.15) is 24.0 Å². The van der Waals surface area contributed by atoms with Crippen molar-refractivity contribution in [3.8, 4) is 0 Å². The fourth-order valence-electron chi connectivity index (χ4n) is 3.88. The molecule has 0 bridgehead atoms. The first-order valence-corrected chi connectivity index (χ1v) is 10.8. The quantitative estimate of drug-likeness (QED) is 0.347. The molecular formula is C24H23ClN4O3. The van der Waals surface area contributed by atoms with E-state index >= 15 is 0 Å². The number of ether oxygens (including phenoxy) is 1. The molecule has 0 atom stereocenters. The van der Waals surface area contributed by atoms with Gasteiger partial charge >= 0.3 is 0 Å². The van der Waals surface area contributed by atoms with Crippen molar-refractivity contribution in [2.45, 2.75) is 12.8 Å². The van der Waals surface area contributed by atoms with Crippen LogP contribution in [0.5, 0.6) is 0 Å². The first-order valence-electron chi connectivity index (χ1n) is 10.4. The zero-order valence-corrected chi connectivity index (χ0v) is 18.2. The van der Waals surface area contributed by atoms with Crippen LogP contribution in [0.25, 0.3) is 6.08 Å². The molecule has 164 valence electrons. The number of nitro benzene ring substituents is 1. The normalized spacial score (nSPS) is 18.4. The summed E-state index contributed by atoms with van der Waals surface area (Å²) in [7, 11) is 0. The standard InChI is InChI=1S/C24H23ClN4O3/c25-23-7-2-1-5-20(23)16-26-27-17-21-9-8-19(24(21)28-10-12-32-13-11-28)14-18-4-3-6-22(15-18)29(30)31/h1-7,14-17H,8-13H2. The molecule has 2 aromatic carbocycles. The molecule has 1 fully saturated rings. The van der Waals surface area contributed by atoms with Gasteiger partial charge in [0.05, 0.1) is 30.6 Å². The molecule has 1 aliphatic heterocycles. The van der Waals surface area contributed by atoms with E-state index in [1.807, 2.05) is 36.4 Å². The second-order valence-corrected chi connectivity index (χ2v) is 7.91. The molecule has 32 heavy (non-hydrogen) atoms. The van der Waals surface area contributed by atoms with Gasteiger partial charge in [0.25, 0.3) is 5.69 Å². The van der Waals surface area contributed by atoms with Crippen molar-refractivity contribution >= 4 is 35.8 Å². The van der Waals surface area contributed by atoms with Crippen LogP contribution in [0, 0.1) is 10.1 Å². The van der Waals surface area contributed by atoms with E-state index in [-0.39, 0.29) is 10.6 Å². The maximum atomic E-state index is 11.1. The highest BCUT2D eigenvalue weighted by atomic mass is 35.5. The topological polar surface area (TPSA) is 80.3 Å². The van der Waals surface area contributed by atoms with E-state index < -0.39 is 0 Å². The third-order valence-corrected chi connectivity index (χ3v) is 5.75. The number of non-ortho nitro benzene ring substituents is 1.